The molecule has 0 aliphatic carbocycles. The quantitative estimate of drug-likeness (QED) is 0.137. The lowest BCUT2D eigenvalue weighted by atomic mass is 10.0. The number of carbonyl (C=O) groups excluding carboxylic acids is 1. The van der Waals surface area contributed by atoms with Gasteiger partial charge in [-0.3, -0.25) is 4.79 Å². The van der Waals surface area contributed by atoms with Crippen molar-refractivity contribution < 1.29 is 14.0 Å². The summed E-state index contributed by atoms with van der Waals surface area (Å²) in [5, 5.41) is 0.246. The zero-order chi connectivity index (χ0) is 21.5. The average molecular weight is 415 g/mol. The van der Waals surface area contributed by atoms with Gasteiger partial charge in [-0.2, -0.15) is 0 Å². The second kappa shape index (κ2) is 15.5. The highest BCUT2D eigenvalue weighted by Gasteiger charge is 2.38. The Morgan fingerprint density at radius 2 is 1.29 bits per heavy atom. The summed E-state index contributed by atoms with van der Waals surface area (Å²) < 4.78 is 11.5. The van der Waals surface area contributed by atoms with E-state index in [9.17, 15) is 4.79 Å². The van der Waals surface area contributed by atoms with Crippen LogP contribution in [0.5, 0.6) is 0 Å². The summed E-state index contributed by atoms with van der Waals surface area (Å²) in [5.74, 6) is -0.0965. The second-order valence-electron chi connectivity index (χ2n) is 9.94. The fourth-order valence-electron chi connectivity index (χ4n) is 3.28. The lowest BCUT2D eigenvalue weighted by Gasteiger charge is -2.39. The predicted octanol–water partition coefficient (Wildman–Crippen LogP) is 8.03. The van der Waals surface area contributed by atoms with Gasteiger partial charge in [-0.05, 0) is 37.4 Å². The van der Waals surface area contributed by atoms with E-state index in [1.54, 1.807) is 0 Å². The van der Waals surface area contributed by atoms with Crippen LogP contribution in [0.4, 0.5) is 0 Å². The van der Waals surface area contributed by atoms with Crippen molar-refractivity contribution in [2.45, 2.75) is 142 Å². The number of hydrogen-bond acceptors (Lipinski definition) is 3. The third-order valence-electron chi connectivity index (χ3n) is 6.28. The standard InChI is InChI=1S/C24H50O3Si/c1-8-9-10-11-12-13-14-15-16-19-22(20-17-18-21-23(25)26-5)27-28(6,7)24(2,3)4/h22H,8-21H2,1-7H3. The molecule has 0 aliphatic rings. The molecular weight excluding hydrogens is 364 g/mol. The molecule has 0 aromatic heterocycles. The van der Waals surface area contributed by atoms with E-state index in [0.29, 0.717) is 12.5 Å². The number of esters is 1. The lowest BCUT2D eigenvalue weighted by Crippen LogP contribution is -2.44. The Balaban J connectivity index is 4.24. The second-order valence-corrected chi connectivity index (χ2v) is 14.7. The van der Waals surface area contributed by atoms with Crippen LogP contribution in [0.15, 0.2) is 0 Å². The van der Waals surface area contributed by atoms with Crippen molar-refractivity contribution in [2.75, 3.05) is 7.11 Å². The molecule has 1 atom stereocenters. The highest BCUT2D eigenvalue weighted by atomic mass is 28.4. The van der Waals surface area contributed by atoms with Crippen LogP contribution in [-0.2, 0) is 14.0 Å². The third kappa shape index (κ3) is 13.8. The first-order chi connectivity index (χ1) is 13.1. The van der Waals surface area contributed by atoms with Crippen LogP contribution < -0.4 is 0 Å². The Bertz CT molecular complexity index is 388. The molecule has 0 saturated carbocycles. The fourth-order valence-corrected chi connectivity index (χ4v) is 4.70. The highest BCUT2D eigenvalue weighted by Crippen LogP contribution is 2.38. The smallest absolute Gasteiger partial charge is 0.305 e. The van der Waals surface area contributed by atoms with Gasteiger partial charge >= 0.3 is 5.97 Å². The molecule has 0 aromatic carbocycles. The molecule has 0 heterocycles. The highest BCUT2D eigenvalue weighted by molar-refractivity contribution is 6.74. The molecule has 0 fully saturated rings. The van der Waals surface area contributed by atoms with Gasteiger partial charge < -0.3 is 9.16 Å². The van der Waals surface area contributed by atoms with E-state index in [2.05, 4.69) is 40.8 Å². The SMILES string of the molecule is CCCCCCCCCCCC(CCCCC(=O)OC)O[Si](C)(C)C(C)(C)C. The first kappa shape index (κ1) is 27.6. The lowest BCUT2D eigenvalue weighted by molar-refractivity contribution is -0.140. The summed E-state index contributed by atoms with van der Waals surface area (Å²) >= 11 is 0. The maximum Gasteiger partial charge on any atom is 0.305 e. The van der Waals surface area contributed by atoms with E-state index in [1.165, 1.54) is 71.3 Å². The summed E-state index contributed by atoms with van der Waals surface area (Å²) in [4.78, 5) is 11.3. The van der Waals surface area contributed by atoms with Crippen molar-refractivity contribution in [3.8, 4) is 0 Å². The third-order valence-corrected chi connectivity index (χ3v) is 10.8. The molecule has 0 amide bonds. The Hall–Kier alpha value is -0.353. The van der Waals surface area contributed by atoms with Gasteiger partial charge in [-0.1, -0.05) is 91.9 Å². The van der Waals surface area contributed by atoms with Crippen LogP contribution in [0.25, 0.3) is 0 Å². The average Bonchev–Trinajstić information content (AvgIpc) is 2.62. The monoisotopic (exact) mass is 414 g/mol. The molecule has 0 radical (unpaired) electrons. The normalized spacial score (nSPS) is 13.5. The van der Waals surface area contributed by atoms with E-state index < -0.39 is 8.32 Å². The maximum atomic E-state index is 11.3. The Morgan fingerprint density at radius 3 is 1.75 bits per heavy atom. The molecule has 4 heteroatoms. The van der Waals surface area contributed by atoms with Gasteiger partial charge in [0.2, 0.25) is 0 Å². The van der Waals surface area contributed by atoms with E-state index in [4.69, 9.17) is 9.16 Å². The van der Waals surface area contributed by atoms with Crippen molar-refractivity contribution >= 4 is 14.3 Å². The molecule has 0 N–H and O–H groups in total. The largest absolute Gasteiger partial charge is 0.469 e. The molecule has 0 aromatic rings. The van der Waals surface area contributed by atoms with Crippen LogP contribution >= 0.6 is 0 Å². The van der Waals surface area contributed by atoms with Gasteiger partial charge in [0, 0.05) is 12.5 Å². The number of carbonyl (C=O) groups is 1. The van der Waals surface area contributed by atoms with Crippen LogP contribution in [0.3, 0.4) is 0 Å². The van der Waals surface area contributed by atoms with Gasteiger partial charge in [0.1, 0.15) is 0 Å². The fraction of sp³-hybridized carbons (Fsp3) is 0.958. The molecule has 0 aliphatic heterocycles. The van der Waals surface area contributed by atoms with Crippen molar-refractivity contribution in [3.63, 3.8) is 0 Å². The van der Waals surface area contributed by atoms with Crippen molar-refractivity contribution in [1.29, 1.82) is 0 Å². The molecule has 0 saturated heterocycles. The summed E-state index contributed by atoms with van der Waals surface area (Å²) in [5.41, 5.74) is 0. The predicted molar refractivity (Wildman–Crippen MR) is 124 cm³/mol. The number of unbranched alkanes of at least 4 members (excludes halogenated alkanes) is 9. The van der Waals surface area contributed by atoms with E-state index in [-0.39, 0.29) is 11.0 Å². The number of rotatable bonds is 17. The van der Waals surface area contributed by atoms with E-state index in [1.807, 2.05) is 0 Å². The van der Waals surface area contributed by atoms with Gasteiger partial charge in [0.05, 0.1) is 7.11 Å². The van der Waals surface area contributed by atoms with Gasteiger partial charge in [0.25, 0.3) is 0 Å². The van der Waals surface area contributed by atoms with Gasteiger partial charge in [-0.15, -0.1) is 0 Å². The summed E-state index contributed by atoms with van der Waals surface area (Å²) in [6.45, 7) is 13.9. The molecule has 0 spiro atoms. The van der Waals surface area contributed by atoms with E-state index in [0.717, 1.165) is 19.3 Å². The van der Waals surface area contributed by atoms with E-state index >= 15 is 0 Å². The Morgan fingerprint density at radius 1 is 0.821 bits per heavy atom. The topological polar surface area (TPSA) is 35.5 Å². The molecule has 0 bridgehead atoms. The summed E-state index contributed by atoms with van der Waals surface area (Å²) in [6.07, 6.45) is 17.3. The number of ether oxygens (including phenoxy) is 1. The molecule has 168 valence electrons. The Labute approximate surface area is 177 Å². The van der Waals surface area contributed by atoms with Gasteiger partial charge in [-0.25, -0.2) is 0 Å². The molecule has 1 unspecified atom stereocenters. The first-order valence-electron chi connectivity index (χ1n) is 11.9. The van der Waals surface area contributed by atoms with Crippen molar-refractivity contribution in [3.05, 3.63) is 0 Å². The zero-order valence-corrected chi connectivity index (χ0v) is 21.2. The molecular formula is C24H50O3Si. The summed E-state index contributed by atoms with van der Waals surface area (Å²) in [7, 11) is -0.275. The Kier molecular flexibility index (Phi) is 15.3. The minimum Gasteiger partial charge on any atom is -0.469 e. The molecule has 3 nitrogen and oxygen atoms in total. The van der Waals surface area contributed by atoms with Gasteiger partial charge in [0.15, 0.2) is 8.32 Å². The van der Waals surface area contributed by atoms with Crippen LogP contribution in [0, 0.1) is 0 Å². The first-order valence-corrected chi connectivity index (χ1v) is 14.8. The van der Waals surface area contributed by atoms with Crippen molar-refractivity contribution in [1.82, 2.24) is 0 Å². The van der Waals surface area contributed by atoms with Crippen LogP contribution in [-0.4, -0.2) is 27.5 Å². The maximum absolute atomic E-state index is 11.3. The minimum absolute atomic E-state index is 0.0965. The van der Waals surface area contributed by atoms with Crippen LogP contribution in [0.1, 0.15) is 118 Å². The zero-order valence-electron chi connectivity index (χ0n) is 20.2. The summed E-state index contributed by atoms with van der Waals surface area (Å²) in [6, 6.07) is 0. The number of methoxy groups -OCH3 is 1. The molecule has 0 rings (SSSR count). The number of hydrogen-bond donors (Lipinski definition) is 0. The van der Waals surface area contributed by atoms with Crippen molar-refractivity contribution in [2.24, 2.45) is 0 Å². The molecule has 28 heavy (non-hydrogen) atoms. The van der Waals surface area contributed by atoms with Crippen LogP contribution in [0.2, 0.25) is 18.1 Å². The minimum atomic E-state index is -1.74.